The summed E-state index contributed by atoms with van der Waals surface area (Å²) in [6, 6.07) is 8.03. The van der Waals surface area contributed by atoms with E-state index in [4.69, 9.17) is 0 Å². The van der Waals surface area contributed by atoms with Gasteiger partial charge in [-0.25, -0.2) is 9.40 Å². The SMILES string of the molecule is Cc1c(C(=O)NN2CCCCC2)cc(-c2cc(C(F)(F)F)cc(C(F)(F)F)c2)n1Cc1cccc(F)c1. The number of hydrogen-bond donors (Lipinski definition) is 1. The van der Waals surface area contributed by atoms with E-state index in [2.05, 4.69) is 5.43 Å². The Morgan fingerprint density at radius 3 is 2.08 bits per heavy atom. The first kappa shape index (κ1) is 26.7. The minimum Gasteiger partial charge on any atom is -0.340 e. The molecule has 1 aromatic heterocycles. The Labute approximate surface area is 208 Å². The van der Waals surface area contributed by atoms with Crippen LogP contribution in [0.2, 0.25) is 0 Å². The summed E-state index contributed by atoms with van der Waals surface area (Å²) >= 11 is 0. The van der Waals surface area contributed by atoms with Crippen molar-refractivity contribution in [3.05, 3.63) is 82.3 Å². The molecular formula is C26H24F7N3O. The normalized spacial score (nSPS) is 15.1. The lowest BCUT2D eigenvalue weighted by atomic mass is 10.0. The third-order valence-corrected chi connectivity index (χ3v) is 6.34. The second-order valence-electron chi connectivity index (χ2n) is 9.03. The van der Waals surface area contributed by atoms with Gasteiger partial charge in [0.1, 0.15) is 5.82 Å². The van der Waals surface area contributed by atoms with Gasteiger partial charge < -0.3 is 4.57 Å². The molecule has 0 aliphatic carbocycles. The van der Waals surface area contributed by atoms with E-state index in [1.165, 1.54) is 28.8 Å². The van der Waals surface area contributed by atoms with Gasteiger partial charge in [0.15, 0.2) is 0 Å². The third kappa shape index (κ3) is 6.15. The van der Waals surface area contributed by atoms with E-state index < -0.39 is 35.2 Å². The predicted molar refractivity (Wildman–Crippen MR) is 123 cm³/mol. The first-order chi connectivity index (χ1) is 17.3. The van der Waals surface area contributed by atoms with E-state index in [0.717, 1.165) is 19.3 Å². The van der Waals surface area contributed by atoms with Gasteiger partial charge >= 0.3 is 12.4 Å². The van der Waals surface area contributed by atoms with E-state index in [-0.39, 0.29) is 29.4 Å². The van der Waals surface area contributed by atoms with E-state index >= 15 is 0 Å². The van der Waals surface area contributed by atoms with Gasteiger partial charge in [0.2, 0.25) is 0 Å². The Morgan fingerprint density at radius 1 is 0.892 bits per heavy atom. The molecule has 0 unspecified atom stereocenters. The zero-order valence-corrected chi connectivity index (χ0v) is 19.8. The molecule has 4 nitrogen and oxygen atoms in total. The van der Waals surface area contributed by atoms with Crippen LogP contribution in [-0.4, -0.2) is 28.6 Å². The highest BCUT2D eigenvalue weighted by Gasteiger charge is 2.37. The van der Waals surface area contributed by atoms with Crippen molar-refractivity contribution >= 4 is 5.91 Å². The van der Waals surface area contributed by atoms with Gasteiger partial charge in [-0.3, -0.25) is 10.2 Å². The minimum atomic E-state index is -5.03. The van der Waals surface area contributed by atoms with Gasteiger partial charge in [0.25, 0.3) is 5.91 Å². The Kier molecular flexibility index (Phi) is 7.36. The molecule has 1 aliphatic rings. The Balaban J connectivity index is 1.85. The summed E-state index contributed by atoms with van der Waals surface area (Å²) in [6.45, 7) is 2.73. The van der Waals surface area contributed by atoms with Crippen molar-refractivity contribution in [2.75, 3.05) is 13.1 Å². The average molecular weight is 527 g/mol. The highest BCUT2D eigenvalue weighted by atomic mass is 19.4. The molecule has 0 spiro atoms. The molecule has 198 valence electrons. The van der Waals surface area contributed by atoms with Crippen molar-refractivity contribution in [1.82, 2.24) is 15.0 Å². The van der Waals surface area contributed by atoms with Gasteiger partial charge in [-0.1, -0.05) is 18.6 Å². The molecule has 1 saturated heterocycles. The number of nitrogens with zero attached hydrogens (tertiary/aromatic N) is 2. The number of carbonyl (C=O) groups is 1. The number of benzene rings is 2. The zero-order valence-electron chi connectivity index (χ0n) is 19.8. The molecule has 0 saturated carbocycles. The number of aromatic nitrogens is 1. The van der Waals surface area contributed by atoms with E-state index in [9.17, 15) is 35.5 Å². The third-order valence-electron chi connectivity index (χ3n) is 6.34. The fourth-order valence-electron chi connectivity index (χ4n) is 4.45. The summed E-state index contributed by atoms with van der Waals surface area (Å²) in [5.41, 5.74) is 0.297. The highest BCUT2D eigenvalue weighted by Crippen LogP contribution is 2.39. The summed E-state index contributed by atoms with van der Waals surface area (Å²) in [7, 11) is 0. The topological polar surface area (TPSA) is 37.3 Å². The van der Waals surface area contributed by atoms with Crippen LogP contribution in [0.25, 0.3) is 11.3 Å². The predicted octanol–water partition coefficient (Wildman–Crippen LogP) is 6.82. The summed E-state index contributed by atoms with van der Waals surface area (Å²) in [4.78, 5) is 13.1. The molecule has 2 aromatic carbocycles. The molecule has 3 aromatic rings. The Bertz CT molecular complexity index is 1260. The molecule has 1 fully saturated rings. The molecule has 37 heavy (non-hydrogen) atoms. The highest BCUT2D eigenvalue weighted by molar-refractivity contribution is 5.96. The number of hydrazine groups is 1. The molecule has 1 N–H and O–H groups in total. The smallest absolute Gasteiger partial charge is 0.340 e. The van der Waals surface area contributed by atoms with Crippen LogP contribution in [0.15, 0.2) is 48.5 Å². The number of halogens is 7. The van der Waals surface area contributed by atoms with E-state index in [0.29, 0.717) is 36.5 Å². The molecule has 0 radical (unpaired) electrons. The van der Waals surface area contributed by atoms with Crippen LogP contribution in [0.4, 0.5) is 30.7 Å². The van der Waals surface area contributed by atoms with Crippen molar-refractivity contribution in [2.24, 2.45) is 0 Å². The molecule has 0 bridgehead atoms. The van der Waals surface area contributed by atoms with Crippen molar-refractivity contribution in [2.45, 2.75) is 45.1 Å². The van der Waals surface area contributed by atoms with Crippen LogP contribution in [0.3, 0.4) is 0 Å². The average Bonchev–Trinajstić information content (AvgIpc) is 3.14. The number of piperidine rings is 1. The maximum Gasteiger partial charge on any atom is 0.416 e. The summed E-state index contributed by atoms with van der Waals surface area (Å²) in [5.74, 6) is -1.08. The molecule has 1 amide bonds. The lowest BCUT2D eigenvalue weighted by molar-refractivity contribution is -0.143. The van der Waals surface area contributed by atoms with Crippen LogP contribution in [0, 0.1) is 12.7 Å². The number of nitrogens with one attached hydrogen (secondary N) is 1. The first-order valence-corrected chi connectivity index (χ1v) is 11.6. The van der Waals surface area contributed by atoms with Gasteiger partial charge in [-0.2, -0.15) is 26.3 Å². The quantitative estimate of drug-likeness (QED) is 0.370. The van der Waals surface area contributed by atoms with Crippen LogP contribution >= 0.6 is 0 Å². The standard InChI is InChI=1S/C26H24F7N3O/c1-16-22(24(37)34-35-8-3-2-4-9-35)14-23(36(16)15-17-6-5-7-21(27)10-17)18-11-19(25(28,29)30)13-20(12-18)26(31,32)33/h5-7,10-14H,2-4,8-9,15H2,1H3,(H,34,37). The van der Waals surface area contributed by atoms with Crippen LogP contribution in [-0.2, 0) is 18.9 Å². The number of rotatable bonds is 5. The second kappa shape index (κ2) is 10.2. The van der Waals surface area contributed by atoms with Crippen LogP contribution in [0.5, 0.6) is 0 Å². The number of alkyl halides is 6. The van der Waals surface area contributed by atoms with Crippen LogP contribution in [0.1, 0.15) is 52.0 Å². The van der Waals surface area contributed by atoms with E-state index in [1.54, 1.807) is 18.0 Å². The van der Waals surface area contributed by atoms with Crippen LogP contribution < -0.4 is 5.43 Å². The first-order valence-electron chi connectivity index (χ1n) is 11.6. The van der Waals surface area contributed by atoms with Gasteiger partial charge in [-0.15, -0.1) is 0 Å². The Morgan fingerprint density at radius 2 is 1.51 bits per heavy atom. The number of amides is 1. The summed E-state index contributed by atoms with van der Waals surface area (Å²) in [6.07, 6.45) is -7.26. The molecule has 2 heterocycles. The van der Waals surface area contributed by atoms with Crippen molar-refractivity contribution in [3.63, 3.8) is 0 Å². The molecule has 4 rings (SSSR count). The zero-order chi connectivity index (χ0) is 27.0. The van der Waals surface area contributed by atoms with Crippen molar-refractivity contribution in [3.8, 4) is 11.3 Å². The lowest BCUT2D eigenvalue weighted by Crippen LogP contribution is -2.45. The molecule has 1 aliphatic heterocycles. The molecular weight excluding hydrogens is 503 g/mol. The largest absolute Gasteiger partial charge is 0.416 e. The lowest BCUT2D eigenvalue weighted by Gasteiger charge is -2.26. The molecule has 0 atom stereocenters. The Hall–Kier alpha value is -3.34. The van der Waals surface area contributed by atoms with Gasteiger partial charge in [-0.05, 0) is 67.3 Å². The summed E-state index contributed by atoms with van der Waals surface area (Å²) in [5, 5.41) is 1.74. The number of hydrogen-bond acceptors (Lipinski definition) is 2. The molecule has 11 heteroatoms. The number of carbonyl (C=O) groups excluding carboxylic acids is 1. The van der Waals surface area contributed by atoms with Gasteiger partial charge in [0.05, 0.1) is 16.7 Å². The minimum absolute atomic E-state index is 0.0258. The van der Waals surface area contributed by atoms with Crippen molar-refractivity contribution < 1.29 is 35.5 Å². The van der Waals surface area contributed by atoms with Gasteiger partial charge in [0, 0.05) is 31.0 Å². The summed E-state index contributed by atoms with van der Waals surface area (Å²) < 4.78 is 96.4. The maximum atomic E-state index is 13.8. The maximum absolute atomic E-state index is 13.8. The monoisotopic (exact) mass is 527 g/mol. The van der Waals surface area contributed by atoms with Crippen molar-refractivity contribution in [1.29, 1.82) is 0 Å². The fourth-order valence-corrected chi connectivity index (χ4v) is 4.45. The fraction of sp³-hybridized carbons (Fsp3) is 0.346. The van der Waals surface area contributed by atoms with E-state index in [1.807, 2.05) is 0 Å². The second-order valence-corrected chi connectivity index (χ2v) is 9.03.